The number of carbonyl (C=O) groups is 1. The molecule has 5 heteroatoms. The topological polar surface area (TPSA) is 69.8 Å². The van der Waals surface area contributed by atoms with E-state index in [0.29, 0.717) is 5.91 Å². The van der Waals surface area contributed by atoms with Crippen molar-refractivity contribution in [3.05, 3.63) is 0 Å². The zero-order valence-electron chi connectivity index (χ0n) is 11.1. The zero-order chi connectivity index (χ0) is 13.0. The van der Waals surface area contributed by atoms with Crippen molar-refractivity contribution in [2.75, 3.05) is 39.3 Å². The third-order valence-electron chi connectivity index (χ3n) is 4.16. The molecule has 1 saturated carbocycles. The van der Waals surface area contributed by atoms with Crippen LogP contribution in [0.4, 0.5) is 0 Å². The number of carbonyl (C=O) groups excluding carboxylic acids is 1. The summed E-state index contributed by atoms with van der Waals surface area (Å²) < 4.78 is 0. The second-order valence-corrected chi connectivity index (χ2v) is 5.51. The van der Waals surface area contributed by atoms with E-state index in [9.17, 15) is 4.79 Å². The minimum Gasteiger partial charge on any atom is -0.395 e. The number of aliphatic hydroxyl groups is 1. The Labute approximate surface area is 109 Å². The molecule has 0 spiro atoms. The Kier molecular flexibility index (Phi) is 4.97. The lowest BCUT2D eigenvalue weighted by atomic mass is 9.85. The van der Waals surface area contributed by atoms with Gasteiger partial charge in [-0.05, 0) is 19.3 Å². The molecule has 1 saturated heterocycles. The molecule has 104 valence electrons. The molecule has 0 aromatic carbocycles. The van der Waals surface area contributed by atoms with Gasteiger partial charge in [0.05, 0.1) is 6.61 Å². The lowest BCUT2D eigenvalue weighted by molar-refractivity contribution is -0.138. The van der Waals surface area contributed by atoms with Crippen LogP contribution in [0.3, 0.4) is 0 Å². The van der Waals surface area contributed by atoms with E-state index in [1.54, 1.807) is 0 Å². The fourth-order valence-electron chi connectivity index (χ4n) is 3.04. The highest BCUT2D eigenvalue weighted by Crippen LogP contribution is 2.25. The second kappa shape index (κ2) is 6.50. The summed E-state index contributed by atoms with van der Waals surface area (Å²) in [5.41, 5.74) is 5.95. The van der Waals surface area contributed by atoms with Crippen LogP contribution in [0.25, 0.3) is 0 Å². The number of nitrogens with two attached hydrogens (primary N) is 1. The standard InChI is InChI=1S/C13H25N3O2/c14-12-3-1-2-11(10-12)13(18)16-6-4-15(5-7-16)8-9-17/h11-12,17H,1-10,14H2. The van der Waals surface area contributed by atoms with Gasteiger partial charge in [-0.2, -0.15) is 0 Å². The maximum Gasteiger partial charge on any atom is 0.225 e. The number of hydrogen-bond acceptors (Lipinski definition) is 4. The number of rotatable bonds is 3. The van der Waals surface area contributed by atoms with Crippen molar-refractivity contribution in [2.24, 2.45) is 11.7 Å². The molecule has 3 N–H and O–H groups in total. The summed E-state index contributed by atoms with van der Waals surface area (Å²) in [5.74, 6) is 0.451. The fourth-order valence-corrected chi connectivity index (χ4v) is 3.04. The molecule has 0 bridgehead atoms. The Morgan fingerprint density at radius 3 is 2.56 bits per heavy atom. The molecule has 1 amide bonds. The first-order valence-electron chi connectivity index (χ1n) is 7.08. The van der Waals surface area contributed by atoms with E-state index >= 15 is 0 Å². The minimum atomic E-state index is 0.151. The average Bonchev–Trinajstić information content (AvgIpc) is 2.39. The third-order valence-corrected chi connectivity index (χ3v) is 4.16. The molecular formula is C13H25N3O2. The van der Waals surface area contributed by atoms with Crippen molar-refractivity contribution in [3.63, 3.8) is 0 Å². The van der Waals surface area contributed by atoms with Crippen molar-refractivity contribution < 1.29 is 9.90 Å². The number of nitrogens with zero attached hydrogens (tertiary/aromatic N) is 2. The van der Waals surface area contributed by atoms with Crippen LogP contribution in [0.5, 0.6) is 0 Å². The third kappa shape index (κ3) is 3.43. The van der Waals surface area contributed by atoms with Crippen LogP contribution in [0, 0.1) is 5.92 Å². The van der Waals surface area contributed by atoms with Crippen molar-refractivity contribution in [3.8, 4) is 0 Å². The van der Waals surface area contributed by atoms with Gasteiger partial charge >= 0.3 is 0 Å². The number of piperazine rings is 1. The molecule has 0 aromatic heterocycles. The van der Waals surface area contributed by atoms with Gasteiger partial charge in [-0.15, -0.1) is 0 Å². The minimum absolute atomic E-state index is 0.151. The molecule has 2 unspecified atom stereocenters. The summed E-state index contributed by atoms with van der Waals surface area (Å²) in [4.78, 5) is 16.6. The molecule has 1 aliphatic carbocycles. The van der Waals surface area contributed by atoms with Gasteiger partial charge in [0.15, 0.2) is 0 Å². The molecule has 18 heavy (non-hydrogen) atoms. The van der Waals surface area contributed by atoms with Gasteiger partial charge in [0.25, 0.3) is 0 Å². The van der Waals surface area contributed by atoms with E-state index < -0.39 is 0 Å². The van der Waals surface area contributed by atoms with Crippen molar-refractivity contribution in [1.82, 2.24) is 9.80 Å². The van der Waals surface area contributed by atoms with E-state index in [2.05, 4.69) is 4.90 Å². The summed E-state index contributed by atoms with van der Waals surface area (Å²) in [7, 11) is 0. The van der Waals surface area contributed by atoms with Gasteiger partial charge in [-0.1, -0.05) is 6.42 Å². The van der Waals surface area contributed by atoms with Gasteiger partial charge in [-0.3, -0.25) is 9.69 Å². The average molecular weight is 255 g/mol. The largest absolute Gasteiger partial charge is 0.395 e. The SMILES string of the molecule is NC1CCCC(C(=O)N2CCN(CCO)CC2)C1. The molecule has 2 atom stereocenters. The van der Waals surface area contributed by atoms with E-state index in [4.69, 9.17) is 10.8 Å². The van der Waals surface area contributed by atoms with E-state index in [-0.39, 0.29) is 18.6 Å². The van der Waals surface area contributed by atoms with Crippen LogP contribution in [0.1, 0.15) is 25.7 Å². The van der Waals surface area contributed by atoms with Gasteiger partial charge in [0.1, 0.15) is 0 Å². The molecule has 2 rings (SSSR count). The van der Waals surface area contributed by atoms with Crippen LogP contribution < -0.4 is 5.73 Å². The number of hydrogen-bond donors (Lipinski definition) is 2. The molecule has 0 aromatic rings. The highest BCUT2D eigenvalue weighted by Gasteiger charge is 2.30. The Morgan fingerprint density at radius 1 is 1.22 bits per heavy atom. The van der Waals surface area contributed by atoms with Gasteiger partial charge in [-0.25, -0.2) is 0 Å². The van der Waals surface area contributed by atoms with Crippen LogP contribution in [0.2, 0.25) is 0 Å². The maximum absolute atomic E-state index is 12.4. The second-order valence-electron chi connectivity index (χ2n) is 5.51. The van der Waals surface area contributed by atoms with Crippen molar-refractivity contribution >= 4 is 5.91 Å². The highest BCUT2D eigenvalue weighted by molar-refractivity contribution is 5.79. The Morgan fingerprint density at radius 2 is 1.94 bits per heavy atom. The van der Waals surface area contributed by atoms with E-state index in [1.165, 1.54) is 0 Å². The van der Waals surface area contributed by atoms with Crippen LogP contribution >= 0.6 is 0 Å². The first-order valence-corrected chi connectivity index (χ1v) is 7.08. The number of aliphatic hydroxyl groups excluding tert-OH is 1. The van der Waals surface area contributed by atoms with Gasteiger partial charge in [0.2, 0.25) is 5.91 Å². The summed E-state index contributed by atoms with van der Waals surface area (Å²) in [6.45, 7) is 4.27. The molecule has 5 nitrogen and oxygen atoms in total. The zero-order valence-corrected chi connectivity index (χ0v) is 11.1. The molecule has 2 aliphatic rings. The Hall–Kier alpha value is -0.650. The van der Waals surface area contributed by atoms with Gasteiger partial charge in [0, 0.05) is 44.7 Å². The quantitative estimate of drug-likeness (QED) is 0.722. The lowest BCUT2D eigenvalue weighted by Crippen LogP contribution is -2.51. The number of amides is 1. The summed E-state index contributed by atoms with van der Waals surface area (Å²) in [5, 5.41) is 8.89. The maximum atomic E-state index is 12.4. The molecule has 1 heterocycles. The first-order chi connectivity index (χ1) is 8.70. The molecule has 2 fully saturated rings. The van der Waals surface area contributed by atoms with Crippen LogP contribution in [-0.4, -0.2) is 66.2 Å². The summed E-state index contributed by atoms with van der Waals surface area (Å²) in [6.07, 6.45) is 4.01. The monoisotopic (exact) mass is 255 g/mol. The molecule has 0 radical (unpaired) electrons. The first kappa shape index (κ1) is 13.8. The Bertz CT molecular complexity index is 277. The lowest BCUT2D eigenvalue weighted by Gasteiger charge is -2.37. The predicted molar refractivity (Wildman–Crippen MR) is 70.0 cm³/mol. The summed E-state index contributed by atoms with van der Waals surface area (Å²) >= 11 is 0. The fraction of sp³-hybridized carbons (Fsp3) is 0.923. The van der Waals surface area contributed by atoms with Gasteiger partial charge < -0.3 is 15.7 Å². The normalized spacial score (nSPS) is 30.4. The van der Waals surface area contributed by atoms with Crippen LogP contribution in [-0.2, 0) is 4.79 Å². The van der Waals surface area contributed by atoms with E-state index in [0.717, 1.165) is 58.4 Å². The molecule has 1 aliphatic heterocycles. The van der Waals surface area contributed by atoms with E-state index in [1.807, 2.05) is 4.90 Å². The highest BCUT2D eigenvalue weighted by atomic mass is 16.3. The van der Waals surface area contributed by atoms with Crippen molar-refractivity contribution in [2.45, 2.75) is 31.7 Å². The summed E-state index contributed by atoms with van der Waals surface area (Å²) in [6, 6.07) is 0.211. The smallest absolute Gasteiger partial charge is 0.225 e. The Balaban J connectivity index is 1.80. The number of β-amino-alcohol motifs (C(OH)–C–C–N with tert-alkyl or cyclic N) is 1. The molecular weight excluding hydrogens is 230 g/mol. The van der Waals surface area contributed by atoms with Crippen LogP contribution in [0.15, 0.2) is 0 Å². The predicted octanol–water partition coefficient (Wildman–Crippen LogP) is -0.360. The van der Waals surface area contributed by atoms with Crippen molar-refractivity contribution in [1.29, 1.82) is 0 Å².